The van der Waals surface area contributed by atoms with E-state index in [1.807, 2.05) is 24.3 Å². The number of carbonyl (C=O) groups is 1. The van der Waals surface area contributed by atoms with Crippen molar-refractivity contribution in [2.24, 2.45) is 5.92 Å². The van der Waals surface area contributed by atoms with Crippen LogP contribution in [0.5, 0.6) is 0 Å². The van der Waals surface area contributed by atoms with E-state index >= 15 is 0 Å². The minimum absolute atomic E-state index is 0.0198. The lowest BCUT2D eigenvalue weighted by molar-refractivity contribution is -0.139. The molecule has 0 fully saturated rings. The molecule has 190 valence electrons. The summed E-state index contributed by atoms with van der Waals surface area (Å²) in [7, 11) is 1.63. The number of aliphatic hydroxyl groups excluding tert-OH is 1. The van der Waals surface area contributed by atoms with Gasteiger partial charge in [0, 0.05) is 49.7 Å². The van der Waals surface area contributed by atoms with Crippen LogP contribution >= 0.6 is 0 Å². The highest BCUT2D eigenvalue weighted by Gasteiger charge is 2.51. The van der Waals surface area contributed by atoms with E-state index in [2.05, 4.69) is 15.4 Å². The molecule has 2 aromatic heterocycles. The van der Waals surface area contributed by atoms with Gasteiger partial charge in [0.1, 0.15) is 0 Å². The highest BCUT2D eigenvalue weighted by atomic mass is 16.3. The van der Waals surface area contributed by atoms with Crippen LogP contribution in [0.3, 0.4) is 0 Å². The van der Waals surface area contributed by atoms with Gasteiger partial charge < -0.3 is 15.1 Å². The Labute approximate surface area is 213 Å². The largest absolute Gasteiger partial charge is 0.396 e. The summed E-state index contributed by atoms with van der Waals surface area (Å²) in [6.07, 6.45) is 8.21. The number of nitrogens with zero attached hydrogens (tertiary/aromatic N) is 6. The van der Waals surface area contributed by atoms with Crippen LogP contribution in [0, 0.1) is 5.92 Å². The zero-order valence-corrected chi connectivity index (χ0v) is 20.7. The minimum atomic E-state index is -1.79. The Morgan fingerprint density at radius 1 is 1.16 bits per heavy atom. The summed E-state index contributed by atoms with van der Waals surface area (Å²) < 4.78 is 2.98. The van der Waals surface area contributed by atoms with Gasteiger partial charge in [-0.25, -0.2) is 0 Å². The first-order chi connectivity index (χ1) is 17.8. The Hall–Kier alpha value is -4.15. The van der Waals surface area contributed by atoms with E-state index in [0.29, 0.717) is 41.7 Å². The maximum Gasteiger partial charge on any atom is 0.279 e. The first-order valence-corrected chi connectivity index (χ1v) is 12.1. The third-order valence-electron chi connectivity index (χ3n) is 6.89. The average molecular weight is 501 g/mol. The van der Waals surface area contributed by atoms with Gasteiger partial charge in [-0.05, 0) is 30.7 Å². The predicted octanol–water partition coefficient (Wildman–Crippen LogP) is 1.96. The normalized spacial score (nSPS) is 18.2. The van der Waals surface area contributed by atoms with Crippen LogP contribution in [0.15, 0.2) is 71.8 Å². The summed E-state index contributed by atoms with van der Waals surface area (Å²) in [6, 6.07) is 12.3. The van der Waals surface area contributed by atoms with Crippen molar-refractivity contribution >= 4 is 22.4 Å². The summed E-state index contributed by atoms with van der Waals surface area (Å²) in [5.41, 5.74) is 0.144. The summed E-state index contributed by atoms with van der Waals surface area (Å²) in [5, 5.41) is 34.4. The molecule has 0 spiro atoms. The average Bonchev–Trinajstić information content (AvgIpc) is 3.44. The van der Waals surface area contributed by atoms with Crippen molar-refractivity contribution in [2.75, 3.05) is 18.6 Å². The fraction of sp³-hybridized carbons (Fsp3) is 0.296. The fourth-order valence-electron chi connectivity index (χ4n) is 4.77. The Bertz CT molecular complexity index is 1560. The van der Waals surface area contributed by atoms with E-state index in [-0.39, 0.29) is 12.2 Å². The number of carbonyl (C=O) groups excluding carboxylic acids is 1. The number of amides is 1. The van der Waals surface area contributed by atoms with E-state index in [0.717, 1.165) is 11.1 Å². The molecule has 37 heavy (non-hydrogen) atoms. The number of hydrogen-bond donors (Lipinski definition) is 2. The summed E-state index contributed by atoms with van der Waals surface area (Å²) in [6.45, 7) is 2.39. The number of benzene rings is 2. The van der Waals surface area contributed by atoms with Gasteiger partial charge in [0.15, 0.2) is 5.60 Å². The second-order valence-corrected chi connectivity index (χ2v) is 9.23. The number of aryl methyl sites for hydroxylation is 1. The number of aromatic nitrogens is 5. The van der Waals surface area contributed by atoms with Gasteiger partial charge in [-0.1, -0.05) is 42.5 Å². The Morgan fingerprint density at radius 3 is 2.78 bits per heavy atom. The van der Waals surface area contributed by atoms with Crippen molar-refractivity contribution in [3.8, 4) is 5.69 Å². The Balaban J connectivity index is 1.42. The molecule has 0 unspecified atom stereocenters. The van der Waals surface area contributed by atoms with Gasteiger partial charge in [0.2, 0.25) is 0 Å². The van der Waals surface area contributed by atoms with Gasteiger partial charge in [-0.2, -0.15) is 9.78 Å². The topological polar surface area (TPSA) is 126 Å². The van der Waals surface area contributed by atoms with E-state index in [9.17, 15) is 14.7 Å². The lowest BCUT2D eigenvalue weighted by atomic mass is 9.82. The van der Waals surface area contributed by atoms with Gasteiger partial charge in [0.25, 0.3) is 11.5 Å². The lowest BCUT2D eigenvalue weighted by Gasteiger charge is -2.27. The molecule has 0 saturated carbocycles. The van der Waals surface area contributed by atoms with Crippen molar-refractivity contribution in [1.82, 2.24) is 24.8 Å². The second kappa shape index (κ2) is 9.72. The van der Waals surface area contributed by atoms with Crippen molar-refractivity contribution in [2.45, 2.75) is 31.9 Å². The molecule has 0 aliphatic carbocycles. The van der Waals surface area contributed by atoms with E-state index < -0.39 is 17.4 Å². The van der Waals surface area contributed by atoms with Crippen LogP contribution in [0.4, 0.5) is 5.69 Å². The van der Waals surface area contributed by atoms with Gasteiger partial charge in [0.05, 0.1) is 28.7 Å². The van der Waals surface area contributed by atoms with Crippen LogP contribution in [-0.2, 0) is 23.4 Å². The first-order valence-electron chi connectivity index (χ1n) is 12.1. The molecule has 4 aromatic rings. The van der Waals surface area contributed by atoms with Crippen LogP contribution in [0.1, 0.15) is 24.6 Å². The highest BCUT2D eigenvalue weighted by molar-refractivity contribution is 6.07. The maximum atomic E-state index is 13.2. The number of allylic oxidation sites excluding steroid dienone is 1. The molecular weight excluding hydrogens is 472 g/mol. The van der Waals surface area contributed by atoms with E-state index in [1.54, 1.807) is 61.4 Å². The molecule has 10 nitrogen and oxygen atoms in total. The molecule has 2 atom stereocenters. The third-order valence-corrected chi connectivity index (χ3v) is 6.89. The third kappa shape index (κ3) is 4.24. The fourth-order valence-corrected chi connectivity index (χ4v) is 4.77. The van der Waals surface area contributed by atoms with Crippen molar-refractivity contribution in [3.05, 3.63) is 88.6 Å². The number of aliphatic hydroxyl groups is 2. The van der Waals surface area contributed by atoms with Gasteiger partial charge in [-0.15, -0.1) is 5.10 Å². The Kier molecular flexibility index (Phi) is 6.45. The molecule has 1 aliphatic rings. The predicted molar refractivity (Wildman–Crippen MR) is 138 cm³/mol. The number of fused-ring (bicyclic) bond motifs is 2. The standard InChI is InChI=1S/C27H28N6O4/c1-18(7-5-6-13-32-17-20(12-14-34)29-30-32)27(37)23-15-21(10-11-24(23)31(2)26(27)36)33-25(35)22-9-4-3-8-19(22)16-28-33/h3-5,7-11,15-18,34,37H,6,12-14H2,1-2H3/b7-5+/t18-,27+/m1/s1. The molecule has 2 aromatic carbocycles. The molecule has 1 aliphatic heterocycles. The zero-order valence-electron chi connectivity index (χ0n) is 20.7. The molecule has 3 heterocycles. The molecule has 0 radical (unpaired) electrons. The van der Waals surface area contributed by atoms with Gasteiger partial charge >= 0.3 is 0 Å². The van der Waals surface area contributed by atoms with Crippen LogP contribution in [0.25, 0.3) is 16.5 Å². The van der Waals surface area contributed by atoms with Crippen molar-refractivity contribution in [3.63, 3.8) is 0 Å². The molecule has 0 bridgehead atoms. The number of anilines is 1. The first kappa shape index (κ1) is 24.5. The summed E-state index contributed by atoms with van der Waals surface area (Å²) in [5.74, 6) is -0.971. The number of likely N-dealkylation sites (N-methyl/N-ethyl adjacent to an activating group) is 1. The van der Waals surface area contributed by atoms with Crippen molar-refractivity contribution < 1.29 is 15.0 Å². The molecule has 2 N–H and O–H groups in total. The minimum Gasteiger partial charge on any atom is -0.396 e. The zero-order chi connectivity index (χ0) is 26.2. The number of hydrogen-bond acceptors (Lipinski definition) is 7. The van der Waals surface area contributed by atoms with Crippen molar-refractivity contribution in [1.29, 1.82) is 0 Å². The highest BCUT2D eigenvalue weighted by Crippen LogP contribution is 2.45. The number of rotatable bonds is 8. The van der Waals surface area contributed by atoms with Gasteiger partial charge in [-0.3, -0.25) is 14.3 Å². The van der Waals surface area contributed by atoms with E-state index in [4.69, 9.17) is 5.11 Å². The quantitative estimate of drug-likeness (QED) is 0.354. The molecular formula is C27H28N6O4. The SMILES string of the molecule is C[C@H](/C=C/CCn1cc(CCO)nn1)[C@@]1(O)C(=O)N(C)c2ccc(-n3ncc4ccccc4c3=O)cc21. The van der Waals surface area contributed by atoms with Crippen LogP contribution in [0.2, 0.25) is 0 Å². The summed E-state index contributed by atoms with van der Waals surface area (Å²) in [4.78, 5) is 27.8. The van der Waals surface area contributed by atoms with Crippen LogP contribution in [-0.4, -0.2) is 54.5 Å². The second-order valence-electron chi connectivity index (χ2n) is 9.23. The van der Waals surface area contributed by atoms with E-state index in [1.165, 1.54) is 9.58 Å². The molecule has 10 heteroatoms. The van der Waals surface area contributed by atoms with Crippen LogP contribution < -0.4 is 10.5 Å². The molecule has 5 rings (SSSR count). The molecule has 1 amide bonds. The maximum absolute atomic E-state index is 13.2. The monoisotopic (exact) mass is 500 g/mol. The molecule has 0 saturated heterocycles. The summed E-state index contributed by atoms with van der Waals surface area (Å²) >= 11 is 0. The Morgan fingerprint density at radius 2 is 1.97 bits per heavy atom. The lowest BCUT2D eigenvalue weighted by Crippen LogP contribution is -2.43. The smallest absolute Gasteiger partial charge is 0.279 e.